The Morgan fingerprint density at radius 2 is 1.85 bits per heavy atom. The Hall–Kier alpha value is -3.07. The number of aromatic nitrogens is 1. The van der Waals surface area contributed by atoms with Crippen molar-refractivity contribution in [1.82, 2.24) is 15.2 Å². The van der Waals surface area contributed by atoms with Crippen molar-refractivity contribution >= 4 is 35.0 Å². The molecule has 10 heteroatoms. The van der Waals surface area contributed by atoms with E-state index in [4.69, 9.17) is 11.6 Å². The fourth-order valence-corrected chi connectivity index (χ4v) is 6.60. The van der Waals surface area contributed by atoms with Gasteiger partial charge in [0.25, 0.3) is 12.3 Å². The number of hydrogen-bond acceptors (Lipinski definition) is 4. The van der Waals surface area contributed by atoms with Crippen LogP contribution in [0.2, 0.25) is 5.02 Å². The zero-order valence-electron chi connectivity index (χ0n) is 22.0. The van der Waals surface area contributed by atoms with E-state index in [1.807, 2.05) is 34.9 Å². The van der Waals surface area contributed by atoms with Crippen LogP contribution in [0, 0.1) is 5.92 Å². The second kappa shape index (κ2) is 11.2. The van der Waals surface area contributed by atoms with Gasteiger partial charge in [0.05, 0.1) is 16.0 Å². The predicted octanol–water partition coefficient (Wildman–Crippen LogP) is 5.28. The molecule has 3 amide bonds. The average molecular weight is 559 g/mol. The van der Waals surface area contributed by atoms with Crippen LogP contribution in [0.3, 0.4) is 0 Å². The van der Waals surface area contributed by atoms with Crippen LogP contribution in [0.4, 0.5) is 14.5 Å². The number of hydrogen-bond donors (Lipinski definition) is 1. The quantitative estimate of drug-likeness (QED) is 0.523. The van der Waals surface area contributed by atoms with E-state index in [0.717, 1.165) is 30.3 Å². The molecule has 1 saturated heterocycles. The van der Waals surface area contributed by atoms with Gasteiger partial charge in [-0.05, 0) is 62.1 Å². The Morgan fingerprint density at radius 1 is 1.15 bits per heavy atom. The third-order valence-electron chi connectivity index (χ3n) is 8.60. The van der Waals surface area contributed by atoms with E-state index in [9.17, 15) is 23.2 Å². The Kier molecular flexibility index (Phi) is 7.89. The standard InChI is InChI=1S/C29H33ClF2N4O3/c1-2-24(37)35-13-11-29(12-14-35)22-5-3-4-6-23(22)36(28(29)39)17-18-7-9-20(10-8-18)34-27(38)21-15-19(30)16-33-25(21)26(31)32/h3-6,15-16,18,20,26H,2,7-14,17H2,1H3,(H,34,38). The van der Waals surface area contributed by atoms with Crippen molar-refractivity contribution in [2.24, 2.45) is 5.92 Å². The van der Waals surface area contributed by atoms with Gasteiger partial charge in [0, 0.05) is 44.0 Å². The highest BCUT2D eigenvalue weighted by Crippen LogP contribution is 2.48. The second-order valence-corrected chi connectivity index (χ2v) is 11.3. The van der Waals surface area contributed by atoms with Crippen LogP contribution in [0.15, 0.2) is 36.5 Å². The summed E-state index contributed by atoms with van der Waals surface area (Å²) in [6, 6.07) is 9.08. The first-order valence-corrected chi connectivity index (χ1v) is 14.0. The second-order valence-electron chi connectivity index (χ2n) is 10.8. The number of halogens is 3. The Balaban J connectivity index is 1.22. The molecule has 5 rings (SSSR count). The zero-order chi connectivity index (χ0) is 27.7. The van der Waals surface area contributed by atoms with E-state index in [0.29, 0.717) is 51.7 Å². The first-order chi connectivity index (χ1) is 18.7. The maximum absolute atomic E-state index is 13.9. The molecule has 208 valence electrons. The molecule has 0 bridgehead atoms. The maximum atomic E-state index is 13.9. The van der Waals surface area contributed by atoms with Gasteiger partial charge in [-0.1, -0.05) is 36.7 Å². The molecule has 2 fully saturated rings. The summed E-state index contributed by atoms with van der Waals surface area (Å²) in [5.74, 6) is -0.0872. The fourth-order valence-electron chi connectivity index (χ4n) is 6.44. The Bertz CT molecular complexity index is 1260. The van der Waals surface area contributed by atoms with Crippen LogP contribution in [0.5, 0.6) is 0 Å². The van der Waals surface area contributed by atoms with Crippen LogP contribution in [0.1, 0.15) is 79.9 Å². The van der Waals surface area contributed by atoms with Gasteiger partial charge in [0.2, 0.25) is 11.8 Å². The van der Waals surface area contributed by atoms with Gasteiger partial charge in [-0.2, -0.15) is 0 Å². The molecule has 39 heavy (non-hydrogen) atoms. The van der Waals surface area contributed by atoms with E-state index < -0.39 is 23.4 Å². The number of likely N-dealkylation sites (tertiary alicyclic amines) is 1. The summed E-state index contributed by atoms with van der Waals surface area (Å²) >= 11 is 5.90. The number of nitrogens with one attached hydrogen (secondary N) is 1. The summed E-state index contributed by atoms with van der Waals surface area (Å²) in [4.78, 5) is 46.4. The fraction of sp³-hybridized carbons (Fsp3) is 0.517. The largest absolute Gasteiger partial charge is 0.349 e. The SMILES string of the molecule is CCC(=O)N1CCC2(CC1)C(=O)N(CC1CCC(NC(=O)c3cc(Cl)cnc3C(F)F)CC1)c1ccccc12. The number of rotatable bonds is 6. The molecule has 0 atom stereocenters. The van der Waals surface area contributed by atoms with Gasteiger partial charge in [-0.3, -0.25) is 19.4 Å². The summed E-state index contributed by atoms with van der Waals surface area (Å²) in [7, 11) is 0. The number of carbonyl (C=O) groups excluding carboxylic acids is 3. The highest BCUT2D eigenvalue weighted by Gasteiger charge is 2.52. The summed E-state index contributed by atoms with van der Waals surface area (Å²) in [5, 5.41) is 3.01. The average Bonchev–Trinajstić information content (AvgIpc) is 3.16. The van der Waals surface area contributed by atoms with Crippen LogP contribution in [-0.4, -0.2) is 53.3 Å². The molecule has 2 aromatic rings. The molecular weight excluding hydrogens is 526 g/mol. The summed E-state index contributed by atoms with van der Waals surface area (Å²) < 4.78 is 26.7. The third kappa shape index (κ3) is 5.25. The van der Waals surface area contributed by atoms with Crippen molar-refractivity contribution in [2.45, 2.75) is 69.8 Å². The number of para-hydroxylation sites is 1. The monoisotopic (exact) mass is 558 g/mol. The van der Waals surface area contributed by atoms with Crippen LogP contribution < -0.4 is 10.2 Å². The smallest absolute Gasteiger partial charge is 0.281 e. The lowest BCUT2D eigenvalue weighted by atomic mass is 9.73. The molecular formula is C29H33ClF2N4O3. The van der Waals surface area contributed by atoms with Gasteiger partial charge in [0.15, 0.2) is 0 Å². The molecule has 1 aromatic heterocycles. The number of alkyl halides is 2. The summed E-state index contributed by atoms with van der Waals surface area (Å²) in [6.45, 7) is 3.63. The van der Waals surface area contributed by atoms with Crippen LogP contribution in [-0.2, 0) is 15.0 Å². The van der Waals surface area contributed by atoms with Crippen molar-refractivity contribution in [3.8, 4) is 0 Å². The minimum Gasteiger partial charge on any atom is -0.349 e. The van der Waals surface area contributed by atoms with Gasteiger partial charge in [-0.15, -0.1) is 0 Å². The highest BCUT2D eigenvalue weighted by molar-refractivity contribution is 6.30. The van der Waals surface area contributed by atoms with Crippen molar-refractivity contribution in [3.05, 3.63) is 58.4 Å². The molecule has 3 aliphatic rings. The van der Waals surface area contributed by atoms with Crippen LogP contribution >= 0.6 is 11.6 Å². The summed E-state index contributed by atoms with van der Waals surface area (Å²) in [6.07, 6.45) is 2.95. The first kappa shape index (κ1) is 27.5. The van der Waals surface area contributed by atoms with E-state index in [1.54, 1.807) is 0 Å². The third-order valence-corrected chi connectivity index (χ3v) is 8.80. The minimum absolute atomic E-state index is 0.121. The molecule has 1 spiro atoms. The van der Waals surface area contributed by atoms with Gasteiger partial charge in [0.1, 0.15) is 5.69 Å². The van der Waals surface area contributed by atoms with Gasteiger partial charge >= 0.3 is 0 Å². The van der Waals surface area contributed by atoms with Gasteiger partial charge < -0.3 is 15.1 Å². The summed E-state index contributed by atoms with van der Waals surface area (Å²) in [5.41, 5.74) is 0.664. The predicted molar refractivity (Wildman–Crippen MR) is 144 cm³/mol. The normalized spacial score (nSPS) is 22.3. The zero-order valence-corrected chi connectivity index (χ0v) is 22.7. The van der Waals surface area contributed by atoms with Gasteiger partial charge in [-0.25, -0.2) is 8.78 Å². The molecule has 0 unspecified atom stereocenters. The molecule has 2 aliphatic heterocycles. The van der Waals surface area contributed by atoms with Crippen LogP contribution in [0.25, 0.3) is 0 Å². The highest BCUT2D eigenvalue weighted by atomic mass is 35.5. The molecule has 3 heterocycles. The van der Waals surface area contributed by atoms with Crippen molar-refractivity contribution in [1.29, 1.82) is 0 Å². The number of fused-ring (bicyclic) bond motifs is 2. The molecule has 1 aliphatic carbocycles. The van der Waals surface area contributed by atoms with Crippen molar-refractivity contribution in [2.75, 3.05) is 24.5 Å². The molecule has 1 saturated carbocycles. The Labute approximate surface area is 231 Å². The number of piperidine rings is 1. The van der Waals surface area contributed by atoms with E-state index >= 15 is 0 Å². The number of nitrogens with zero attached hydrogens (tertiary/aromatic N) is 3. The number of benzene rings is 1. The number of pyridine rings is 1. The lowest BCUT2D eigenvalue weighted by Crippen LogP contribution is -2.50. The van der Waals surface area contributed by atoms with Crippen molar-refractivity contribution in [3.63, 3.8) is 0 Å². The lowest BCUT2D eigenvalue weighted by Gasteiger charge is -2.39. The van der Waals surface area contributed by atoms with Crippen molar-refractivity contribution < 1.29 is 23.2 Å². The minimum atomic E-state index is -2.87. The number of anilines is 1. The number of amides is 3. The molecule has 7 nitrogen and oxygen atoms in total. The van der Waals surface area contributed by atoms with E-state index in [2.05, 4.69) is 16.4 Å². The van der Waals surface area contributed by atoms with E-state index in [-0.39, 0.29) is 34.4 Å². The maximum Gasteiger partial charge on any atom is 0.281 e. The topological polar surface area (TPSA) is 82.6 Å². The number of carbonyl (C=O) groups is 3. The lowest BCUT2D eigenvalue weighted by molar-refractivity contribution is -0.135. The first-order valence-electron chi connectivity index (χ1n) is 13.7. The molecule has 0 radical (unpaired) electrons. The molecule has 1 N–H and O–H groups in total. The molecule has 1 aromatic carbocycles. The van der Waals surface area contributed by atoms with E-state index in [1.165, 1.54) is 6.07 Å². The Morgan fingerprint density at radius 3 is 2.51 bits per heavy atom.